The Labute approximate surface area is 209 Å². The van der Waals surface area contributed by atoms with Crippen molar-refractivity contribution in [2.24, 2.45) is 0 Å². The lowest BCUT2D eigenvalue weighted by Gasteiger charge is -2.22. The highest BCUT2D eigenvalue weighted by Crippen LogP contribution is 2.03. The van der Waals surface area contributed by atoms with Crippen molar-refractivity contribution in [1.29, 1.82) is 0 Å². The van der Waals surface area contributed by atoms with Crippen LogP contribution in [0.5, 0.6) is 0 Å². The first-order valence-electron chi connectivity index (χ1n) is 12.5. The lowest BCUT2D eigenvalue weighted by Crippen LogP contribution is -2.32. The Hall–Kier alpha value is -1.98. The van der Waals surface area contributed by atoms with Crippen molar-refractivity contribution in [3.63, 3.8) is 0 Å². The van der Waals surface area contributed by atoms with Crippen LogP contribution in [0.3, 0.4) is 0 Å². The number of hydrogen-bond acceptors (Lipinski definition) is 9. The highest BCUT2D eigenvalue weighted by atomic mass is 16.5. The summed E-state index contributed by atoms with van der Waals surface area (Å²) in [5.74, 6) is 0. The Morgan fingerprint density at radius 3 is 1.14 bits per heavy atom. The first kappa shape index (κ1) is 27.6. The van der Waals surface area contributed by atoms with Crippen molar-refractivity contribution in [3.05, 3.63) is 60.2 Å². The quantitative estimate of drug-likeness (QED) is 0.641. The van der Waals surface area contributed by atoms with E-state index in [1.165, 1.54) is 0 Å². The molecule has 2 aromatic heterocycles. The molecule has 1 aliphatic heterocycles. The molecule has 0 aromatic carbocycles. The maximum atomic E-state index is 5.83. The monoisotopic (exact) mass is 488 g/mol. The van der Waals surface area contributed by atoms with Crippen molar-refractivity contribution in [1.82, 2.24) is 19.8 Å². The van der Waals surface area contributed by atoms with Gasteiger partial charge in [-0.15, -0.1) is 0 Å². The lowest BCUT2D eigenvalue weighted by molar-refractivity contribution is 0.00521. The van der Waals surface area contributed by atoms with Crippen LogP contribution < -0.4 is 0 Å². The Balaban J connectivity index is 1.43. The largest absolute Gasteiger partial charge is 0.378 e. The molecule has 3 heterocycles. The Kier molecular flexibility index (Phi) is 14.4. The number of hydrogen-bond donors (Lipinski definition) is 0. The molecule has 2 aromatic rings. The van der Waals surface area contributed by atoms with Gasteiger partial charge in [-0.1, -0.05) is 12.1 Å². The van der Waals surface area contributed by atoms with Crippen molar-refractivity contribution in [3.8, 4) is 0 Å². The van der Waals surface area contributed by atoms with E-state index in [4.69, 9.17) is 23.7 Å². The average Bonchev–Trinajstić information content (AvgIpc) is 2.89. The maximum Gasteiger partial charge on any atom is 0.0701 e. The van der Waals surface area contributed by atoms with Gasteiger partial charge in [0.15, 0.2) is 0 Å². The van der Waals surface area contributed by atoms with Crippen molar-refractivity contribution >= 4 is 0 Å². The molecule has 0 radical (unpaired) electrons. The minimum absolute atomic E-state index is 0.565. The Morgan fingerprint density at radius 1 is 0.486 bits per heavy atom. The molecule has 0 aliphatic carbocycles. The normalized spacial score (nSPS) is 20.1. The van der Waals surface area contributed by atoms with Crippen LogP contribution in [-0.2, 0) is 36.8 Å². The van der Waals surface area contributed by atoms with Gasteiger partial charge in [0.05, 0.1) is 77.5 Å². The number of nitrogens with zero attached hydrogens (tertiary/aromatic N) is 4. The van der Waals surface area contributed by atoms with Gasteiger partial charge in [-0.3, -0.25) is 19.8 Å². The molecule has 0 N–H and O–H groups in total. The van der Waals surface area contributed by atoms with Crippen LogP contribution in [0.25, 0.3) is 0 Å². The fourth-order valence-electron chi connectivity index (χ4n) is 3.62. The third-order valence-electron chi connectivity index (χ3n) is 5.55. The summed E-state index contributed by atoms with van der Waals surface area (Å²) in [4.78, 5) is 13.5. The zero-order valence-electron chi connectivity index (χ0n) is 20.8. The second kappa shape index (κ2) is 18.3. The average molecular weight is 489 g/mol. The topological polar surface area (TPSA) is 78.4 Å². The van der Waals surface area contributed by atoms with Crippen molar-refractivity contribution in [2.45, 2.75) is 13.1 Å². The summed E-state index contributed by atoms with van der Waals surface area (Å²) in [6.07, 6.45) is 3.65. The van der Waals surface area contributed by atoms with Crippen LogP contribution in [0.2, 0.25) is 0 Å². The van der Waals surface area contributed by atoms with E-state index in [-0.39, 0.29) is 0 Å². The molecule has 0 unspecified atom stereocenters. The second-order valence-electron chi connectivity index (χ2n) is 8.26. The van der Waals surface area contributed by atoms with E-state index in [1.54, 1.807) is 0 Å². The van der Waals surface area contributed by atoms with Gasteiger partial charge in [0.25, 0.3) is 0 Å². The van der Waals surface area contributed by atoms with Crippen LogP contribution >= 0.6 is 0 Å². The van der Waals surface area contributed by atoms with E-state index in [1.807, 2.05) is 48.8 Å². The molecule has 35 heavy (non-hydrogen) atoms. The molecule has 3 rings (SSSR count). The molecule has 194 valence electrons. The van der Waals surface area contributed by atoms with E-state index in [9.17, 15) is 0 Å². The molecular weight excluding hydrogens is 448 g/mol. The SMILES string of the molecule is c1ccc(CN2CCOCCOCCOCCN(Cc3ccccn3)CCOCCOCC2)nc1. The van der Waals surface area contributed by atoms with Crippen LogP contribution in [0.1, 0.15) is 11.4 Å². The predicted octanol–water partition coefficient (Wildman–Crippen LogP) is 1.88. The maximum absolute atomic E-state index is 5.83. The molecule has 0 amide bonds. The highest BCUT2D eigenvalue weighted by molar-refractivity contribution is 5.04. The number of ether oxygens (including phenoxy) is 5. The van der Waals surface area contributed by atoms with E-state index >= 15 is 0 Å². The molecule has 1 fully saturated rings. The predicted molar refractivity (Wildman–Crippen MR) is 133 cm³/mol. The fraction of sp³-hybridized carbons (Fsp3) is 0.615. The van der Waals surface area contributed by atoms with Gasteiger partial charge >= 0.3 is 0 Å². The van der Waals surface area contributed by atoms with Gasteiger partial charge < -0.3 is 23.7 Å². The third kappa shape index (κ3) is 13.1. The lowest BCUT2D eigenvalue weighted by atomic mass is 10.3. The summed E-state index contributed by atoms with van der Waals surface area (Å²) in [6.45, 7) is 10.8. The smallest absolute Gasteiger partial charge is 0.0701 e. The van der Waals surface area contributed by atoms with Crippen LogP contribution in [-0.4, -0.2) is 112 Å². The standard InChI is InChI=1S/C26H40N4O5/c1-3-7-27-25(5-1)23-29-9-13-31-17-18-32-14-10-30(24-26-6-2-4-8-28-26)12-16-34-20-22-35-21-19-33-15-11-29/h1-8H,9-24H2. The minimum atomic E-state index is 0.565. The van der Waals surface area contributed by atoms with E-state index in [0.29, 0.717) is 66.1 Å². The van der Waals surface area contributed by atoms with Gasteiger partial charge in [-0.2, -0.15) is 0 Å². The molecule has 1 saturated heterocycles. The first-order chi connectivity index (χ1) is 17.4. The second-order valence-corrected chi connectivity index (χ2v) is 8.26. The summed E-state index contributed by atoms with van der Waals surface area (Å²) in [6, 6.07) is 12.0. The Bertz CT molecular complexity index is 692. The molecular formula is C26H40N4O5. The summed E-state index contributed by atoms with van der Waals surface area (Å²) in [7, 11) is 0. The van der Waals surface area contributed by atoms with Gasteiger partial charge in [-0.25, -0.2) is 0 Å². The van der Waals surface area contributed by atoms with Gasteiger partial charge in [0.2, 0.25) is 0 Å². The summed E-state index contributed by atoms with van der Waals surface area (Å²) in [5, 5.41) is 0. The molecule has 9 heteroatoms. The van der Waals surface area contributed by atoms with Gasteiger partial charge in [0, 0.05) is 51.7 Å². The molecule has 0 saturated carbocycles. The van der Waals surface area contributed by atoms with E-state index in [0.717, 1.165) is 50.7 Å². The van der Waals surface area contributed by atoms with Crippen LogP contribution in [0, 0.1) is 0 Å². The summed E-state index contributed by atoms with van der Waals surface area (Å²) < 4.78 is 28.8. The first-order valence-corrected chi connectivity index (χ1v) is 12.5. The van der Waals surface area contributed by atoms with Gasteiger partial charge in [0.1, 0.15) is 0 Å². The molecule has 0 atom stereocenters. The zero-order chi connectivity index (χ0) is 24.2. The zero-order valence-corrected chi connectivity index (χ0v) is 20.8. The summed E-state index contributed by atoms with van der Waals surface area (Å²) >= 11 is 0. The number of aromatic nitrogens is 2. The minimum Gasteiger partial charge on any atom is -0.378 e. The molecule has 9 nitrogen and oxygen atoms in total. The number of rotatable bonds is 4. The van der Waals surface area contributed by atoms with E-state index in [2.05, 4.69) is 19.8 Å². The van der Waals surface area contributed by atoms with Gasteiger partial charge in [-0.05, 0) is 24.3 Å². The van der Waals surface area contributed by atoms with Crippen molar-refractivity contribution < 1.29 is 23.7 Å². The molecule has 1 aliphatic rings. The summed E-state index contributed by atoms with van der Waals surface area (Å²) in [5.41, 5.74) is 2.08. The Morgan fingerprint density at radius 2 is 0.829 bits per heavy atom. The fourth-order valence-corrected chi connectivity index (χ4v) is 3.62. The van der Waals surface area contributed by atoms with E-state index < -0.39 is 0 Å². The number of pyridine rings is 2. The van der Waals surface area contributed by atoms with Crippen LogP contribution in [0.15, 0.2) is 48.8 Å². The highest BCUT2D eigenvalue weighted by Gasteiger charge is 2.09. The molecule has 0 bridgehead atoms. The van der Waals surface area contributed by atoms with Crippen molar-refractivity contribution in [2.75, 3.05) is 92.2 Å². The van der Waals surface area contributed by atoms with Crippen LogP contribution in [0.4, 0.5) is 0 Å². The molecule has 0 spiro atoms. The third-order valence-corrected chi connectivity index (χ3v) is 5.55.